The molecule has 0 bridgehead atoms. The number of allylic oxidation sites excluding steroid dienone is 4. The number of nitrogens with zero attached hydrogens (tertiary/aromatic N) is 1. The molecule has 206 valence electrons. The van der Waals surface area contributed by atoms with Crippen LogP contribution in [-0.4, -0.2) is 17.5 Å². The monoisotopic (exact) mass is 518 g/mol. The van der Waals surface area contributed by atoms with Gasteiger partial charge < -0.3 is 10.5 Å². The van der Waals surface area contributed by atoms with Crippen LogP contribution in [0, 0.1) is 56.8 Å². The molecule has 0 spiro atoms. The maximum Gasteiger partial charge on any atom is 0.226 e. The molecule has 5 nitrogen and oxygen atoms in total. The van der Waals surface area contributed by atoms with E-state index in [0.29, 0.717) is 6.42 Å². The van der Waals surface area contributed by atoms with Crippen LogP contribution in [0.4, 0.5) is 0 Å². The van der Waals surface area contributed by atoms with Gasteiger partial charge in [0, 0.05) is 23.2 Å². The molecular weight excluding hydrogens is 472 g/mol. The van der Waals surface area contributed by atoms with Crippen molar-refractivity contribution in [1.29, 1.82) is 0 Å². The molecule has 38 heavy (non-hydrogen) atoms. The summed E-state index contributed by atoms with van der Waals surface area (Å²) in [5.74, 6) is 0.124. The van der Waals surface area contributed by atoms with E-state index < -0.39 is 10.8 Å². The third kappa shape index (κ3) is 3.44. The van der Waals surface area contributed by atoms with Crippen LogP contribution in [0.25, 0.3) is 4.85 Å². The van der Waals surface area contributed by atoms with Gasteiger partial charge in [-0.15, -0.1) is 0 Å². The molecule has 0 aromatic rings. The minimum Gasteiger partial charge on any atom is -0.370 e. The molecule has 5 aliphatic rings. The zero-order valence-electron chi connectivity index (χ0n) is 24.5. The summed E-state index contributed by atoms with van der Waals surface area (Å²) in [4.78, 5) is 43.2. The van der Waals surface area contributed by atoms with Crippen molar-refractivity contribution < 1.29 is 14.4 Å². The molecule has 1 unspecified atom stereocenters. The molecular formula is C33H46N2O3. The number of carbonyl (C=O) groups excluding carboxylic acids is 3. The lowest BCUT2D eigenvalue weighted by Crippen LogP contribution is -2.64. The Kier molecular flexibility index (Phi) is 5.87. The Hall–Kier alpha value is -2.22. The number of nitrogens with two attached hydrogens (primary N) is 1. The first kappa shape index (κ1) is 27.4. The van der Waals surface area contributed by atoms with Gasteiger partial charge in [-0.1, -0.05) is 60.1 Å². The molecule has 2 N–H and O–H groups in total. The molecule has 0 aromatic heterocycles. The summed E-state index contributed by atoms with van der Waals surface area (Å²) < 4.78 is 0. The average Bonchev–Trinajstić information content (AvgIpc) is 2.82. The van der Waals surface area contributed by atoms with Gasteiger partial charge in [-0.05, 0) is 90.9 Å². The van der Waals surface area contributed by atoms with Crippen molar-refractivity contribution in [2.75, 3.05) is 0 Å². The van der Waals surface area contributed by atoms with Gasteiger partial charge in [0.1, 0.15) is 0 Å². The SMILES string of the molecule is [C-]#[N+]C1=C[C@]2(C)C3=CC(=O)C4[C@@H]5CC(C)(C)CC[C@]5(CCC(N)=O)CC[C@@]4(C)[C@]3(C)CC[C@H]2C(C)(C)C1=O. The van der Waals surface area contributed by atoms with Crippen LogP contribution < -0.4 is 5.73 Å². The smallest absolute Gasteiger partial charge is 0.226 e. The van der Waals surface area contributed by atoms with Gasteiger partial charge in [-0.25, -0.2) is 4.85 Å². The van der Waals surface area contributed by atoms with E-state index in [-0.39, 0.29) is 62.6 Å². The normalized spacial score (nSPS) is 44.8. The number of hydrogen-bond donors (Lipinski definition) is 1. The molecule has 5 rings (SSSR count). The van der Waals surface area contributed by atoms with Gasteiger partial charge >= 0.3 is 0 Å². The zero-order valence-corrected chi connectivity index (χ0v) is 24.5. The Morgan fingerprint density at radius 2 is 1.68 bits per heavy atom. The van der Waals surface area contributed by atoms with E-state index in [1.165, 1.54) is 0 Å². The Morgan fingerprint density at radius 1 is 1.03 bits per heavy atom. The van der Waals surface area contributed by atoms with E-state index in [1.54, 1.807) is 0 Å². The first-order valence-electron chi connectivity index (χ1n) is 14.7. The maximum absolute atomic E-state index is 14.5. The quantitative estimate of drug-likeness (QED) is 0.416. The first-order chi connectivity index (χ1) is 17.5. The van der Waals surface area contributed by atoms with Gasteiger partial charge in [0.2, 0.25) is 11.6 Å². The summed E-state index contributed by atoms with van der Waals surface area (Å²) in [5.41, 5.74) is 5.60. The fraction of sp³-hybridized carbons (Fsp3) is 0.758. The summed E-state index contributed by atoms with van der Waals surface area (Å²) in [6.45, 7) is 23.3. The molecule has 0 aromatic carbocycles. The maximum atomic E-state index is 14.5. The summed E-state index contributed by atoms with van der Waals surface area (Å²) >= 11 is 0. The number of carbonyl (C=O) groups is 3. The second kappa shape index (κ2) is 8.15. The highest BCUT2D eigenvalue weighted by Crippen LogP contribution is 2.75. The van der Waals surface area contributed by atoms with Crippen molar-refractivity contribution >= 4 is 17.5 Å². The Morgan fingerprint density at radius 3 is 2.32 bits per heavy atom. The summed E-state index contributed by atoms with van der Waals surface area (Å²) in [6, 6.07) is 0. The Balaban J connectivity index is 1.66. The lowest BCUT2D eigenvalue weighted by molar-refractivity contribution is -0.172. The molecule has 3 fully saturated rings. The standard InChI is InChI=1S/C33H46N2O3/c1-28(2)13-15-33(12-10-25(34)37)16-14-32(7)26(20(33)18-28)22(36)17-24-30(5)19-21(35-8)27(38)29(3,4)23(30)9-11-31(24,32)6/h17,19-20,23,26H,9-16,18H2,1-7H3,(H2,34,37)/t20-,23-,26?,30-,31+,32+,33+/m0/s1. The minimum atomic E-state index is -0.643. The van der Waals surface area contributed by atoms with Crippen LogP contribution in [0.3, 0.4) is 0 Å². The van der Waals surface area contributed by atoms with E-state index in [0.717, 1.165) is 56.9 Å². The van der Waals surface area contributed by atoms with E-state index >= 15 is 0 Å². The van der Waals surface area contributed by atoms with E-state index in [2.05, 4.69) is 39.5 Å². The first-order valence-corrected chi connectivity index (χ1v) is 14.7. The van der Waals surface area contributed by atoms with E-state index in [9.17, 15) is 14.4 Å². The number of hydrogen-bond acceptors (Lipinski definition) is 3. The highest BCUT2D eigenvalue weighted by atomic mass is 16.1. The number of Topliss-reactive ketones (excluding diaryl/α,β-unsaturated/α-hetero) is 1. The minimum absolute atomic E-state index is 0.0103. The fourth-order valence-corrected chi connectivity index (χ4v) is 10.5. The highest BCUT2D eigenvalue weighted by molar-refractivity contribution is 6.03. The zero-order chi connectivity index (χ0) is 28.1. The molecule has 0 saturated heterocycles. The molecule has 0 radical (unpaired) electrons. The molecule has 7 atom stereocenters. The Bertz CT molecular complexity index is 1220. The third-order valence-electron chi connectivity index (χ3n) is 12.9. The van der Waals surface area contributed by atoms with Gasteiger partial charge in [0.25, 0.3) is 0 Å². The van der Waals surface area contributed by atoms with Crippen LogP contribution >= 0.6 is 0 Å². The Labute approximate surface area is 228 Å². The van der Waals surface area contributed by atoms with Crippen LogP contribution in [0.1, 0.15) is 106 Å². The van der Waals surface area contributed by atoms with Crippen molar-refractivity contribution in [3.05, 3.63) is 34.8 Å². The van der Waals surface area contributed by atoms with E-state index in [4.69, 9.17) is 12.3 Å². The predicted octanol–water partition coefficient (Wildman–Crippen LogP) is 6.82. The van der Waals surface area contributed by atoms with E-state index in [1.807, 2.05) is 26.0 Å². The van der Waals surface area contributed by atoms with Crippen molar-refractivity contribution in [3.63, 3.8) is 0 Å². The fourth-order valence-electron chi connectivity index (χ4n) is 10.5. The molecule has 5 heteroatoms. The molecule has 3 saturated carbocycles. The van der Waals surface area contributed by atoms with Crippen LogP contribution in [0.2, 0.25) is 0 Å². The summed E-state index contributed by atoms with van der Waals surface area (Å²) in [7, 11) is 0. The third-order valence-corrected chi connectivity index (χ3v) is 12.9. The van der Waals surface area contributed by atoms with Crippen LogP contribution in [0.5, 0.6) is 0 Å². The average molecular weight is 519 g/mol. The van der Waals surface area contributed by atoms with Gasteiger partial charge in [0.05, 0.1) is 6.57 Å². The second-order valence-corrected chi connectivity index (χ2v) is 15.6. The number of amides is 1. The van der Waals surface area contributed by atoms with Crippen molar-refractivity contribution in [2.45, 2.75) is 106 Å². The van der Waals surface area contributed by atoms with Gasteiger partial charge in [-0.2, -0.15) is 0 Å². The van der Waals surface area contributed by atoms with Crippen molar-refractivity contribution in [2.24, 2.45) is 56.0 Å². The van der Waals surface area contributed by atoms with Crippen molar-refractivity contribution in [1.82, 2.24) is 0 Å². The van der Waals surface area contributed by atoms with Gasteiger partial charge in [-0.3, -0.25) is 9.59 Å². The van der Waals surface area contributed by atoms with Crippen LogP contribution in [-0.2, 0) is 14.4 Å². The summed E-state index contributed by atoms with van der Waals surface area (Å²) in [5, 5.41) is 0. The number of primary amides is 1. The molecule has 5 aliphatic carbocycles. The highest BCUT2D eigenvalue weighted by Gasteiger charge is 2.69. The predicted molar refractivity (Wildman–Crippen MR) is 148 cm³/mol. The topological polar surface area (TPSA) is 81.6 Å². The number of rotatable bonds is 3. The van der Waals surface area contributed by atoms with Crippen LogP contribution in [0.15, 0.2) is 23.4 Å². The lowest BCUT2D eigenvalue weighted by Gasteiger charge is -2.69. The number of ketones is 2. The largest absolute Gasteiger partial charge is 0.370 e. The van der Waals surface area contributed by atoms with Gasteiger partial charge in [0.15, 0.2) is 11.6 Å². The lowest BCUT2D eigenvalue weighted by atomic mass is 9.34. The molecule has 1 amide bonds. The molecule has 0 heterocycles. The van der Waals surface area contributed by atoms with Crippen molar-refractivity contribution in [3.8, 4) is 0 Å². The summed E-state index contributed by atoms with van der Waals surface area (Å²) in [6.07, 6.45) is 12.1. The number of fused-ring (bicyclic) bond motifs is 7. The second-order valence-electron chi connectivity index (χ2n) is 15.6. The molecule has 0 aliphatic heterocycles.